The third-order valence-corrected chi connectivity index (χ3v) is 3.60. The Bertz CT molecular complexity index is 800. The van der Waals surface area contributed by atoms with E-state index in [4.69, 9.17) is 10.5 Å². The van der Waals surface area contributed by atoms with Crippen LogP contribution in [0.15, 0.2) is 53.1 Å². The summed E-state index contributed by atoms with van der Waals surface area (Å²) in [5.41, 5.74) is 8.06. The topological polar surface area (TPSA) is 68.4 Å². The molecule has 0 aliphatic heterocycles. The number of hydrogen-bond acceptors (Lipinski definition) is 4. The maximum absolute atomic E-state index is 9.19. The van der Waals surface area contributed by atoms with Crippen molar-refractivity contribution in [1.82, 2.24) is 4.98 Å². The minimum atomic E-state index is -0.0324. The van der Waals surface area contributed by atoms with E-state index in [2.05, 4.69) is 20.9 Å². The summed E-state index contributed by atoms with van der Waals surface area (Å²) >= 11 is 3.44. The van der Waals surface area contributed by atoms with Crippen LogP contribution in [0.4, 0.5) is 5.69 Å². The third kappa shape index (κ3) is 2.84. The Hall–Kier alpha value is -2.11. The standard InChI is InChI=1S/C16H13BrN2O2/c17-11-4-5-15-13(7-11)16(14(18)8-19-15)21-12-3-1-2-10(6-12)9-20/h1-8,20H,9,18H2. The molecule has 0 saturated heterocycles. The SMILES string of the molecule is Nc1cnc2ccc(Br)cc2c1Oc1cccc(CO)c1. The van der Waals surface area contributed by atoms with Gasteiger partial charge >= 0.3 is 0 Å². The van der Waals surface area contributed by atoms with Crippen LogP contribution in [-0.2, 0) is 6.61 Å². The van der Waals surface area contributed by atoms with Gasteiger partial charge in [-0.2, -0.15) is 0 Å². The fourth-order valence-electron chi connectivity index (χ4n) is 2.10. The fourth-order valence-corrected chi connectivity index (χ4v) is 2.46. The maximum Gasteiger partial charge on any atom is 0.161 e. The molecule has 0 amide bonds. The zero-order chi connectivity index (χ0) is 14.8. The van der Waals surface area contributed by atoms with Crippen LogP contribution >= 0.6 is 15.9 Å². The highest BCUT2D eigenvalue weighted by molar-refractivity contribution is 9.10. The van der Waals surface area contributed by atoms with Gasteiger partial charge in [-0.3, -0.25) is 4.98 Å². The number of aliphatic hydroxyl groups excluding tert-OH is 1. The molecule has 21 heavy (non-hydrogen) atoms. The molecule has 1 heterocycles. The van der Waals surface area contributed by atoms with Gasteiger partial charge in [0.1, 0.15) is 5.75 Å². The van der Waals surface area contributed by atoms with Gasteiger partial charge in [-0.15, -0.1) is 0 Å². The molecule has 3 rings (SSSR count). The number of fused-ring (bicyclic) bond motifs is 1. The first kappa shape index (κ1) is 13.9. The summed E-state index contributed by atoms with van der Waals surface area (Å²) < 4.78 is 6.85. The van der Waals surface area contributed by atoms with Crippen molar-refractivity contribution in [3.05, 3.63) is 58.7 Å². The van der Waals surface area contributed by atoms with Crippen LogP contribution in [0.1, 0.15) is 5.56 Å². The number of anilines is 1. The van der Waals surface area contributed by atoms with Gasteiger partial charge in [0.15, 0.2) is 5.75 Å². The largest absolute Gasteiger partial charge is 0.454 e. The number of pyridine rings is 1. The molecule has 0 radical (unpaired) electrons. The summed E-state index contributed by atoms with van der Waals surface area (Å²) in [6.45, 7) is -0.0324. The highest BCUT2D eigenvalue weighted by Crippen LogP contribution is 2.35. The smallest absolute Gasteiger partial charge is 0.161 e. The molecule has 1 aromatic heterocycles. The predicted molar refractivity (Wildman–Crippen MR) is 86.3 cm³/mol. The number of benzene rings is 2. The maximum atomic E-state index is 9.19. The van der Waals surface area contributed by atoms with E-state index in [0.717, 1.165) is 20.9 Å². The van der Waals surface area contributed by atoms with Crippen molar-refractivity contribution in [2.45, 2.75) is 6.61 Å². The molecule has 5 heteroatoms. The number of aromatic nitrogens is 1. The number of halogens is 1. The van der Waals surface area contributed by atoms with E-state index < -0.39 is 0 Å². The molecule has 3 aromatic rings. The number of rotatable bonds is 3. The Balaban J connectivity index is 2.10. The second-order valence-corrected chi connectivity index (χ2v) is 5.53. The Morgan fingerprint density at radius 1 is 1.19 bits per heavy atom. The molecule has 4 nitrogen and oxygen atoms in total. The second kappa shape index (κ2) is 5.71. The first-order valence-corrected chi connectivity index (χ1v) is 7.18. The zero-order valence-corrected chi connectivity index (χ0v) is 12.7. The van der Waals surface area contributed by atoms with E-state index in [1.54, 1.807) is 12.3 Å². The van der Waals surface area contributed by atoms with Crippen LogP contribution in [0.25, 0.3) is 10.9 Å². The molecular weight excluding hydrogens is 332 g/mol. The Kier molecular flexibility index (Phi) is 3.77. The van der Waals surface area contributed by atoms with Gasteiger partial charge in [-0.05, 0) is 35.9 Å². The monoisotopic (exact) mass is 344 g/mol. The van der Waals surface area contributed by atoms with Crippen molar-refractivity contribution in [3.63, 3.8) is 0 Å². The summed E-state index contributed by atoms with van der Waals surface area (Å²) in [7, 11) is 0. The minimum Gasteiger partial charge on any atom is -0.454 e. The molecule has 0 fully saturated rings. The Morgan fingerprint density at radius 3 is 2.86 bits per heavy atom. The van der Waals surface area contributed by atoms with Gasteiger partial charge < -0.3 is 15.6 Å². The first-order valence-electron chi connectivity index (χ1n) is 6.39. The molecule has 0 bridgehead atoms. The fraction of sp³-hybridized carbons (Fsp3) is 0.0625. The third-order valence-electron chi connectivity index (χ3n) is 3.11. The summed E-state index contributed by atoms with van der Waals surface area (Å²) in [6, 6.07) is 13.0. The number of nitrogen functional groups attached to an aromatic ring is 1. The van der Waals surface area contributed by atoms with Gasteiger partial charge in [0.2, 0.25) is 0 Å². The van der Waals surface area contributed by atoms with Crippen molar-refractivity contribution < 1.29 is 9.84 Å². The van der Waals surface area contributed by atoms with Crippen LogP contribution < -0.4 is 10.5 Å². The number of ether oxygens (including phenoxy) is 1. The van der Waals surface area contributed by atoms with Crippen LogP contribution in [0, 0.1) is 0 Å². The van der Waals surface area contributed by atoms with E-state index >= 15 is 0 Å². The van der Waals surface area contributed by atoms with Gasteiger partial charge in [0.25, 0.3) is 0 Å². The zero-order valence-electron chi connectivity index (χ0n) is 11.1. The van der Waals surface area contributed by atoms with Crippen molar-refractivity contribution in [3.8, 4) is 11.5 Å². The van der Waals surface area contributed by atoms with Crippen LogP contribution in [0.5, 0.6) is 11.5 Å². The minimum absolute atomic E-state index is 0.0324. The summed E-state index contributed by atoms with van der Waals surface area (Å²) in [5, 5.41) is 10.0. The summed E-state index contributed by atoms with van der Waals surface area (Å²) in [4.78, 5) is 4.29. The second-order valence-electron chi connectivity index (χ2n) is 4.61. The number of aliphatic hydroxyl groups is 1. The normalized spacial score (nSPS) is 10.8. The van der Waals surface area contributed by atoms with Crippen molar-refractivity contribution in [1.29, 1.82) is 0 Å². The number of nitrogens with two attached hydrogens (primary N) is 1. The molecule has 0 saturated carbocycles. The van der Waals surface area contributed by atoms with Crippen molar-refractivity contribution >= 4 is 32.5 Å². The molecule has 106 valence electrons. The Labute approximate surface area is 130 Å². The molecule has 0 unspecified atom stereocenters. The van der Waals surface area contributed by atoms with Crippen LogP contribution in [0.3, 0.4) is 0 Å². The molecular formula is C16H13BrN2O2. The molecule has 0 aliphatic rings. The average Bonchev–Trinajstić information content (AvgIpc) is 2.50. The lowest BCUT2D eigenvalue weighted by atomic mass is 10.2. The van der Waals surface area contributed by atoms with Crippen molar-refractivity contribution in [2.24, 2.45) is 0 Å². The molecule has 0 atom stereocenters. The molecule has 0 aliphatic carbocycles. The quantitative estimate of drug-likeness (QED) is 0.756. The lowest BCUT2D eigenvalue weighted by molar-refractivity contribution is 0.281. The lowest BCUT2D eigenvalue weighted by Gasteiger charge is -2.12. The number of hydrogen-bond donors (Lipinski definition) is 2. The summed E-state index contributed by atoms with van der Waals surface area (Å²) in [6.07, 6.45) is 1.58. The van der Waals surface area contributed by atoms with E-state index in [9.17, 15) is 5.11 Å². The van der Waals surface area contributed by atoms with E-state index in [-0.39, 0.29) is 6.61 Å². The summed E-state index contributed by atoms with van der Waals surface area (Å²) in [5.74, 6) is 1.19. The number of nitrogens with zero attached hydrogens (tertiary/aromatic N) is 1. The van der Waals surface area contributed by atoms with Gasteiger partial charge in [-0.25, -0.2) is 0 Å². The predicted octanol–water partition coefficient (Wildman–Crippen LogP) is 3.86. The van der Waals surface area contributed by atoms with Crippen molar-refractivity contribution in [2.75, 3.05) is 5.73 Å². The van der Waals surface area contributed by atoms with E-state index in [1.807, 2.05) is 36.4 Å². The molecule has 3 N–H and O–H groups in total. The highest BCUT2D eigenvalue weighted by Gasteiger charge is 2.10. The van der Waals surface area contributed by atoms with Crippen LogP contribution in [0.2, 0.25) is 0 Å². The van der Waals surface area contributed by atoms with E-state index in [0.29, 0.717) is 17.2 Å². The average molecular weight is 345 g/mol. The first-order chi connectivity index (χ1) is 10.2. The van der Waals surface area contributed by atoms with Gasteiger partial charge in [-0.1, -0.05) is 28.1 Å². The Morgan fingerprint density at radius 2 is 2.05 bits per heavy atom. The van der Waals surface area contributed by atoms with Gasteiger partial charge in [0.05, 0.1) is 24.0 Å². The van der Waals surface area contributed by atoms with Gasteiger partial charge in [0, 0.05) is 9.86 Å². The molecule has 2 aromatic carbocycles. The molecule has 0 spiro atoms. The van der Waals surface area contributed by atoms with E-state index in [1.165, 1.54) is 0 Å². The highest BCUT2D eigenvalue weighted by atomic mass is 79.9. The van der Waals surface area contributed by atoms with Crippen LogP contribution in [-0.4, -0.2) is 10.1 Å². The lowest BCUT2D eigenvalue weighted by Crippen LogP contribution is -1.95.